The summed E-state index contributed by atoms with van der Waals surface area (Å²) in [6, 6.07) is 9.77. The highest BCUT2D eigenvalue weighted by Crippen LogP contribution is 2.23. The number of nitrogens with one attached hydrogen (secondary N) is 2. The lowest BCUT2D eigenvalue weighted by atomic mass is 10.3. The molecule has 0 aliphatic carbocycles. The van der Waals surface area contributed by atoms with Crippen LogP contribution in [0.2, 0.25) is 5.02 Å². The standard InChI is InChI=1S/C17H22ClN5O/c18-14-4-1-5-16(12-14)22-11-6-15(13-22)21-17(24)19-7-2-9-23-10-3-8-20-23/h1,3-5,8,10,12,15H,2,6-7,9,11,13H2,(H2,19,21,24)/t15-/m1/s1. The number of carbonyl (C=O) groups is 1. The molecule has 24 heavy (non-hydrogen) atoms. The van der Waals surface area contributed by atoms with Crippen molar-refractivity contribution >= 4 is 23.3 Å². The fourth-order valence-corrected chi connectivity index (χ4v) is 3.08. The Hall–Kier alpha value is -2.21. The first-order chi connectivity index (χ1) is 11.7. The molecule has 2 amide bonds. The molecule has 1 aliphatic heterocycles. The zero-order valence-electron chi connectivity index (χ0n) is 13.5. The molecule has 2 aromatic rings. The molecule has 1 atom stereocenters. The molecular formula is C17H22ClN5O. The maximum atomic E-state index is 12.0. The molecule has 1 fully saturated rings. The fraction of sp³-hybridized carbons (Fsp3) is 0.412. The van der Waals surface area contributed by atoms with E-state index in [1.807, 2.05) is 41.2 Å². The van der Waals surface area contributed by atoms with Crippen molar-refractivity contribution in [1.29, 1.82) is 0 Å². The number of carbonyl (C=O) groups excluding carboxylic acids is 1. The summed E-state index contributed by atoms with van der Waals surface area (Å²) in [5, 5.41) is 10.8. The average Bonchev–Trinajstić information content (AvgIpc) is 3.23. The molecule has 128 valence electrons. The molecule has 2 heterocycles. The van der Waals surface area contributed by atoms with E-state index >= 15 is 0 Å². The molecule has 2 N–H and O–H groups in total. The van der Waals surface area contributed by atoms with Crippen molar-refractivity contribution in [2.45, 2.75) is 25.4 Å². The van der Waals surface area contributed by atoms with E-state index in [4.69, 9.17) is 11.6 Å². The van der Waals surface area contributed by atoms with Crippen LogP contribution in [0.5, 0.6) is 0 Å². The second-order valence-electron chi connectivity index (χ2n) is 5.93. The molecule has 0 radical (unpaired) electrons. The number of aromatic nitrogens is 2. The predicted octanol–water partition coefficient (Wildman–Crippen LogP) is 2.50. The first kappa shape index (κ1) is 16.6. The minimum absolute atomic E-state index is 0.103. The van der Waals surface area contributed by atoms with Gasteiger partial charge in [-0.15, -0.1) is 0 Å². The predicted molar refractivity (Wildman–Crippen MR) is 95.4 cm³/mol. The van der Waals surface area contributed by atoms with Gasteiger partial charge < -0.3 is 15.5 Å². The number of halogens is 1. The van der Waals surface area contributed by atoms with Gasteiger partial charge in [0.05, 0.1) is 0 Å². The number of rotatable bonds is 6. The van der Waals surface area contributed by atoms with Crippen molar-refractivity contribution < 1.29 is 4.79 Å². The van der Waals surface area contributed by atoms with Crippen LogP contribution in [0.1, 0.15) is 12.8 Å². The first-order valence-corrected chi connectivity index (χ1v) is 8.61. The number of aryl methyl sites for hydroxylation is 1. The second kappa shape index (κ2) is 8.06. The monoisotopic (exact) mass is 347 g/mol. The van der Waals surface area contributed by atoms with Crippen LogP contribution >= 0.6 is 11.6 Å². The van der Waals surface area contributed by atoms with Crippen molar-refractivity contribution in [3.05, 3.63) is 47.7 Å². The van der Waals surface area contributed by atoms with Gasteiger partial charge in [0.2, 0.25) is 0 Å². The van der Waals surface area contributed by atoms with Crippen LogP contribution in [0, 0.1) is 0 Å². The van der Waals surface area contributed by atoms with E-state index in [0.717, 1.165) is 43.2 Å². The van der Waals surface area contributed by atoms with Gasteiger partial charge >= 0.3 is 6.03 Å². The SMILES string of the molecule is O=C(NCCCn1cccn1)N[C@@H]1CCN(c2cccc(Cl)c2)C1. The molecule has 1 aromatic carbocycles. The second-order valence-corrected chi connectivity index (χ2v) is 6.37. The Morgan fingerprint density at radius 2 is 2.29 bits per heavy atom. The van der Waals surface area contributed by atoms with Crippen molar-refractivity contribution in [3.8, 4) is 0 Å². The normalized spacial score (nSPS) is 17.0. The zero-order chi connectivity index (χ0) is 16.8. The van der Waals surface area contributed by atoms with Gasteiger partial charge in [-0.3, -0.25) is 4.68 Å². The van der Waals surface area contributed by atoms with Crippen molar-refractivity contribution in [2.24, 2.45) is 0 Å². The van der Waals surface area contributed by atoms with Crippen LogP contribution in [-0.4, -0.2) is 41.5 Å². The van der Waals surface area contributed by atoms with Crippen molar-refractivity contribution in [2.75, 3.05) is 24.5 Å². The van der Waals surface area contributed by atoms with Gasteiger partial charge in [-0.25, -0.2) is 4.79 Å². The van der Waals surface area contributed by atoms with Gasteiger partial charge in [0.1, 0.15) is 0 Å². The number of hydrogen-bond donors (Lipinski definition) is 2. The van der Waals surface area contributed by atoms with Gasteiger partial charge in [0, 0.05) is 55.3 Å². The van der Waals surface area contributed by atoms with Crippen LogP contribution in [0.25, 0.3) is 0 Å². The summed E-state index contributed by atoms with van der Waals surface area (Å²) < 4.78 is 1.86. The highest BCUT2D eigenvalue weighted by atomic mass is 35.5. The molecule has 3 rings (SSSR count). The third kappa shape index (κ3) is 4.64. The Kier molecular flexibility index (Phi) is 5.59. The van der Waals surface area contributed by atoms with Gasteiger partial charge in [-0.05, 0) is 37.1 Å². The molecule has 6 nitrogen and oxygen atoms in total. The van der Waals surface area contributed by atoms with E-state index in [0.29, 0.717) is 6.54 Å². The average molecular weight is 348 g/mol. The summed E-state index contributed by atoms with van der Waals surface area (Å²) in [6.45, 7) is 3.17. The summed E-state index contributed by atoms with van der Waals surface area (Å²) in [5.41, 5.74) is 1.10. The molecule has 1 aliphatic rings. The lowest BCUT2D eigenvalue weighted by Gasteiger charge is -2.19. The number of benzene rings is 1. The van der Waals surface area contributed by atoms with Crippen molar-refractivity contribution in [1.82, 2.24) is 20.4 Å². The fourth-order valence-electron chi connectivity index (χ4n) is 2.90. The van der Waals surface area contributed by atoms with E-state index in [2.05, 4.69) is 20.6 Å². The van der Waals surface area contributed by atoms with Gasteiger partial charge in [-0.1, -0.05) is 17.7 Å². The third-order valence-corrected chi connectivity index (χ3v) is 4.34. The van der Waals surface area contributed by atoms with Gasteiger partial charge in [0.15, 0.2) is 0 Å². The Balaban J connectivity index is 1.36. The highest BCUT2D eigenvalue weighted by molar-refractivity contribution is 6.30. The zero-order valence-corrected chi connectivity index (χ0v) is 14.2. The lowest BCUT2D eigenvalue weighted by Crippen LogP contribution is -2.43. The smallest absolute Gasteiger partial charge is 0.315 e. The third-order valence-electron chi connectivity index (χ3n) is 4.11. The van der Waals surface area contributed by atoms with Crippen LogP contribution in [0.3, 0.4) is 0 Å². The van der Waals surface area contributed by atoms with E-state index in [-0.39, 0.29) is 12.1 Å². The largest absolute Gasteiger partial charge is 0.369 e. The lowest BCUT2D eigenvalue weighted by molar-refractivity contribution is 0.237. The summed E-state index contributed by atoms with van der Waals surface area (Å²) in [4.78, 5) is 14.2. The van der Waals surface area contributed by atoms with Gasteiger partial charge in [0.25, 0.3) is 0 Å². The first-order valence-electron chi connectivity index (χ1n) is 8.23. The Bertz CT molecular complexity index is 661. The van der Waals surface area contributed by atoms with Crippen molar-refractivity contribution in [3.63, 3.8) is 0 Å². The molecular weight excluding hydrogens is 326 g/mol. The number of amides is 2. The number of nitrogens with zero attached hydrogens (tertiary/aromatic N) is 3. The van der Waals surface area contributed by atoms with E-state index < -0.39 is 0 Å². The summed E-state index contributed by atoms with van der Waals surface area (Å²) in [7, 11) is 0. The molecule has 0 unspecified atom stereocenters. The number of hydrogen-bond acceptors (Lipinski definition) is 3. The molecule has 0 bridgehead atoms. The van der Waals surface area contributed by atoms with E-state index in [1.54, 1.807) is 6.20 Å². The van der Waals surface area contributed by atoms with Gasteiger partial charge in [-0.2, -0.15) is 5.10 Å². The minimum atomic E-state index is -0.103. The summed E-state index contributed by atoms with van der Waals surface area (Å²) >= 11 is 6.04. The molecule has 0 saturated carbocycles. The van der Waals surface area contributed by atoms with Crippen LogP contribution in [0.15, 0.2) is 42.7 Å². The van der Waals surface area contributed by atoms with E-state index in [9.17, 15) is 4.79 Å². The molecule has 7 heteroatoms. The topological polar surface area (TPSA) is 62.2 Å². The maximum absolute atomic E-state index is 12.0. The molecule has 0 spiro atoms. The summed E-state index contributed by atoms with van der Waals surface area (Å²) in [6.07, 6.45) is 5.47. The van der Waals surface area contributed by atoms with Crippen LogP contribution in [-0.2, 0) is 6.54 Å². The molecule has 1 aromatic heterocycles. The highest BCUT2D eigenvalue weighted by Gasteiger charge is 2.24. The van der Waals surface area contributed by atoms with E-state index in [1.165, 1.54) is 0 Å². The quantitative estimate of drug-likeness (QED) is 0.789. The summed E-state index contributed by atoms with van der Waals surface area (Å²) in [5.74, 6) is 0. The number of urea groups is 1. The Labute approximate surface area is 146 Å². The minimum Gasteiger partial charge on any atom is -0.369 e. The number of anilines is 1. The van der Waals surface area contributed by atoms with Crippen LogP contribution < -0.4 is 15.5 Å². The van der Waals surface area contributed by atoms with Crippen LogP contribution in [0.4, 0.5) is 10.5 Å². The molecule has 1 saturated heterocycles. The Morgan fingerprint density at radius 1 is 1.38 bits per heavy atom. The Morgan fingerprint density at radius 3 is 3.08 bits per heavy atom. The maximum Gasteiger partial charge on any atom is 0.315 e.